The van der Waals surface area contributed by atoms with Crippen molar-refractivity contribution in [3.8, 4) is 11.1 Å². The van der Waals surface area contributed by atoms with Gasteiger partial charge >= 0.3 is 12.1 Å². The standard InChI is InChI=1S/C27H27N3O5/c1-2-17(14-15-25(31)32)28-26(33)23-12-7-13-24(29-23)30-27(34)35-16-22-20-10-5-3-8-18(20)19-9-4-6-11-21(19)22/h3-13,17,22H,2,14-16H2,1H3,(H,28,33)(H,31,32)(H,29,30,34). The molecule has 8 heteroatoms. The van der Waals surface area contributed by atoms with Gasteiger partial charge in [0, 0.05) is 18.4 Å². The van der Waals surface area contributed by atoms with Crippen LogP contribution in [-0.2, 0) is 9.53 Å². The number of hydrogen-bond donors (Lipinski definition) is 3. The summed E-state index contributed by atoms with van der Waals surface area (Å²) in [4.78, 5) is 40.1. The highest BCUT2D eigenvalue weighted by Gasteiger charge is 2.29. The zero-order valence-electron chi connectivity index (χ0n) is 19.4. The molecule has 0 saturated heterocycles. The number of hydrogen-bond acceptors (Lipinski definition) is 5. The summed E-state index contributed by atoms with van der Waals surface area (Å²) in [5.41, 5.74) is 4.64. The number of pyridine rings is 1. The second-order valence-electron chi connectivity index (χ2n) is 8.37. The van der Waals surface area contributed by atoms with Crippen LogP contribution < -0.4 is 10.6 Å². The first-order chi connectivity index (χ1) is 17.0. The molecule has 1 aliphatic rings. The van der Waals surface area contributed by atoms with Crippen molar-refractivity contribution in [2.45, 2.75) is 38.1 Å². The van der Waals surface area contributed by atoms with Crippen molar-refractivity contribution in [3.05, 3.63) is 83.6 Å². The predicted molar refractivity (Wildman–Crippen MR) is 131 cm³/mol. The van der Waals surface area contributed by atoms with Crippen molar-refractivity contribution in [2.24, 2.45) is 0 Å². The van der Waals surface area contributed by atoms with Gasteiger partial charge in [-0.3, -0.25) is 14.9 Å². The minimum absolute atomic E-state index is 0.0321. The molecule has 1 unspecified atom stereocenters. The van der Waals surface area contributed by atoms with E-state index in [1.165, 1.54) is 6.07 Å². The summed E-state index contributed by atoms with van der Waals surface area (Å²) in [6, 6.07) is 20.6. The van der Waals surface area contributed by atoms with Gasteiger partial charge in [-0.2, -0.15) is 0 Å². The summed E-state index contributed by atoms with van der Waals surface area (Å²) < 4.78 is 5.53. The zero-order chi connectivity index (χ0) is 24.8. The van der Waals surface area contributed by atoms with Crippen LogP contribution >= 0.6 is 0 Å². The summed E-state index contributed by atoms with van der Waals surface area (Å²) in [5.74, 6) is -1.22. The summed E-state index contributed by atoms with van der Waals surface area (Å²) in [6.07, 6.45) is 0.228. The van der Waals surface area contributed by atoms with Crippen LogP contribution in [0, 0.1) is 0 Å². The number of carboxylic acids is 1. The van der Waals surface area contributed by atoms with Gasteiger partial charge < -0.3 is 15.2 Å². The van der Waals surface area contributed by atoms with Crippen LogP contribution in [0.15, 0.2) is 66.7 Å². The van der Waals surface area contributed by atoms with E-state index >= 15 is 0 Å². The quantitative estimate of drug-likeness (QED) is 0.410. The van der Waals surface area contributed by atoms with E-state index in [-0.39, 0.29) is 36.5 Å². The number of carbonyl (C=O) groups is 3. The van der Waals surface area contributed by atoms with Crippen LogP contribution in [0.4, 0.5) is 10.6 Å². The first kappa shape index (κ1) is 23.9. The Morgan fingerprint density at radius 1 is 0.971 bits per heavy atom. The van der Waals surface area contributed by atoms with Crippen LogP contribution in [-0.4, -0.2) is 40.7 Å². The Morgan fingerprint density at radius 2 is 1.63 bits per heavy atom. The third-order valence-electron chi connectivity index (χ3n) is 6.09. The van der Waals surface area contributed by atoms with Crippen LogP contribution in [0.25, 0.3) is 11.1 Å². The van der Waals surface area contributed by atoms with Crippen LogP contribution in [0.3, 0.4) is 0 Å². The van der Waals surface area contributed by atoms with Crippen molar-refractivity contribution in [1.29, 1.82) is 0 Å². The van der Waals surface area contributed by atoms with E-state index in [1.54, 1.807) is 12.1 Å². The number of aromatic nitrogens is 1. The first-order valence-corrected chi connectivity index (χ1v) is 11.6. The molecular weight excluding hydrogens is 446 g/mol. The Bertz CT molecular complexity index is 1200. The van der Waals surface area contributed by atoms with E-state index in [0.29, 0.717) is 12.8 Å². The molecule has 35 heavy (non-hydrogen) atoms. The molecule has 8 nitrogen and oxygen atoms in total. The van der Waals surface area contributed by atoms with Gasteiger partial charge in [0.2, 0.25) is 0 Å². The Hall–Kier alpha value is -4.20. The molecule has 2 amide bonds. The van der Waals surface area contributed by atoms with E-state index in [2.05, 4.69) is 27.8 Å². The van der Waals surface area contributed by atoms with Gasteiger partial charge in [0.1, 0.15) is 18.1 Å². The minimum atomic E-state index is -0.912. The highest BCUT2D eigenvalue weighted by atomic mass is 16.5. The monoisotopic (exact) mass is 473 g/mol. The summed E-state index contributed by atoms with van der Waals surface area (Å²) >= 11 is 0. The number of ether oxygens (including phenoxy) is 1. The van der Waals surface area contributed by atoms with Gasteiger partial charge in [0.15, 0.2) is 0 Å². The molecule has 0 aliphatic heterocycles. The summed E-state index contributed by atoms with van der Waals surface area (Å²) in [7, 11) is 0. The number of aliphatic carboxylic acids is 1. The molecule has 4 rings (SSSR count). The van der Waals surface area contributed by atoms with E-state index in [1.807, 2.05) is 43.3 Å². The van der Waals surface area contributed by atoms with Crippen molar-refractivity contribution >= 4 is 23.8 Å². The van der Waals surface area contributed by atoms with Gasteiger partial charge in [-0.15, -0.1) is 0 Å². The van der Waals surface area contributed by atoms with Gasteiger partial charge in [0.25, 0.3) is 5.91 Å². The third-order valence-corrected chi connectivity index (χ3v) is 6.09. The van der Waals surface area contributed by atoms with Gasteiger partial charge in [-0.1, -0.05) is 61.5 Å². The van der Waals surface area contributed by atoms with Crippen molar-refractivity contribution in [3.63, 3.8) is 0 Å². The fourth-order valence-corrected chi connectivity index (χ4v) is 4.31. The Morgan fingerprint density at radius 3 is 2.26 bits per heavy atom. The summed E-state index contributed by atoms with van der Waals surface area (Å²) in [5, 5.41) is 14.2. The van der Waals surface area contributed by atoms with Crippen LogP contribution in [0.2, 0.25) is 0 Å². The normalized spacial score (nSPS) is 12.8. The van der Waals surface area contributed by atoms with Crippen LogP contribution in [0.1, 0.15) is 53.7 Å². The highest BCUT2D eigenvalue weighted by Crippen LogP contribution is 2.44. The molecule has 0 saturated carbocycles. The molecule has 180 valence electrons. The molecule has 1 atom stereocenters. The molecule has 3 N–H and O–H groups in total. The molecule has 0 spiro atoms. The molecule has 1 aromatic heterocycles. The number of carboxylic acid groups (broad SMARTS) is 1. The average molecular weight is 474 g/mol. The number of carbonyl (C=O) groups excluding carboxylic acids is 2. The van der Waals surface area contributed by atoms with Gasteiger partial charge in [0.05, 0.1) is 0 Å². The number of rotatable bonds is 9. The van der Waals surface area contributed by atoms with Crippen molar-refractivity contribution in [1.82, 2.24) is 10.3 Å². The Balaban J connectivity index is 1.37. The number of nitrogens with one attached hydrogen (secondary N) is 2. The molecule has 0 radical (unpaired) electrons. The van der Waals surface area contributed by atoms with Crippen LogP contribution in [0.5, 0.6) is 0 Å². The Labute approximate surface area is 203 Å². The SMILES string of the molecule is CCC(CCC(=O)O)NC(=O)c1cccc(NC(=O)OCC2c3ccccc3-c3ccccc32)n1. The van der Waals surface area contributed by atoms with E-state index < -0.39 is 18.0 Å². The topological polar surface area (TPSA) is 118 Å². The maximum atomic E-state index is 12.6. The van der Waals surface area contributed by atoms with Gasteiger partial charge in [-0.05, 0) is 47.2 Å². The van der Waals surface area contributed by atoms with E-state index in [9.17, 15) is 14.4 Å². The van der Waals surface area contributed by atoms with Crippen molar-refractivity contribution < 1.29 is 24.2 Å². The fraction of sp³-hybridized carbons (Fsp3) is 0.259. The van der Waals surface area contributed by atoms with E-state index in [0.717, 1.165) is 22.3 Å². The first-order valence-electron chi connectivity index (χ1n) is 11.6. The number of anilines is 1. The second-order valence-corrected chi connectivity index (χ2v) is 8.37. The number of nitrogens with zero attached hydrogens (tertiary/aromatic N) is 1. The Kier molecular flexibility index (Phi) is 7.40. The van der Waals surface area contributed by atoms with Gasteiger partial charge in [-0.25, -0.2) is 9.78 Å². The lowest BCUT2D eigenvalue weighted by Crippen LogP contribution is -2.35. The second kappa shape index (κ2) is 10.8. The number of amides is 2. The summed E-state index contributed by atoms with van der Waals surface area (Å²) in [6.45, 7) is 2.04. The molecule has 1 heterocycles. The minimum Gasteiger partial charge on any atom is -0.481 e. The lowest BCUT2D eigenvalue weighted by atomic mass is 9.98. The average Bonchev–Trinajstić information content (AvgIpc) is 3.19. The number of fused-ring (bicyclic) bond motifs is 3. The molecule has 0 fully saturated rings. The maximum Gasteiger partial charge on any atom is 0.412 e. The molecule has 3 aromatic rings. The molecular formula is C27H27N3O5. The molecule has 0 bridgehead atoms. The maximum absolute atomic E-state index is 12.6. The number of benzene rings is 2. The largest absolute Gasteiger partial charge is 0.481 e. The molecule has 1 aliphatic carbocycles. The smallest absolute Gasteiger partial charge is 0.412 e. The molecule has 2 aromatic carbocycles. The zero-order valence-corrected chi connectivity index (χ0v) is 19.4. The predicted octanol–water partition coefficient (Wildman–Crippen LogP) is 4.82. The van der Waals surface area contributed by atoms with E-state index in [4.69, 9.17) is 9.84 Å². The third kappa shape index (κ3) is 5.66. The van der Waals surface area contributed by atoms with Crippen molar-refractivity contribution in [2.75, 3.05) is 11.9 Å². The highest BCUT2D eigenvalue weighted by molar-refractivity contribution is 5.93. The lowest BCUT2D eigenvalue weighted by molar-refractivity contribution is -0.137. The lowest BCUT2D eigenvalue weighted by Gasteiger charge is -2.16. The fourth-order valence-electron chi connectivity index (χ4n) is 4.31.